The van der Waals surface area contributed by atoms with Crippen molar-refractivity contribution in [2.75, 3.05) is 25.1 Å². The van der Waals surface area contributed by atoms with Crippen LogP contribution in [-0.2, 0) is 4.79 Å². The number of aliphatic imine (C=N–C) groups is 1. The second-order valence-electron chi connectivity index (χ2n) is 7.69. The molecule has 8 heteroatoms. The molecule has 3 aromatic rings. The zero-order valence-electron chi connectivity index (χ0n) is 18.7. The van der Waals surface area contributed by atoms with E-state index in [4.69, 9.17) is 4.74 Å². The van der Waals surface area contributed by atoms with Crippen molar-refractivity contribution in [1.29, 1.82) is 0 Å². The van der Waals surface area contributed by atoms with Crippen molar-refractivity contribution in [2.45, 2.75) is 12.6 Å². The first-order valence-corrected chi connectivity index (χ1v) is 11.0. The van der Waals surface area contributed by atoms with E-state index in [9.17, 15) is 14.0 Å². The molecule has 3 amide bonds. The van der Waals surface area contributed by atoms with Crippen LogP contribution in [0.2, 0.25) is 0 Å². The lowest BCUT2D eigenvalue weighted by Crippen LogP contribution is -2.49. The van der Waals surface area contributed by atoms with Crippen molar-refractivity contribution >= 4 is 23.3 Å². The monoisotopic (exact) mass is 460 g/mol. The second-order valence-corrected chi connectivity index (χ2v) is 7.69. The summed E-state index contributed by atoms with van der Waals surface area (Å²) >= 11 is 0. The maximum Gasteiger partial charge on any atom is 0.316 e. The van der Waals surface area contributed by atoms with Gasteiger partial charge in [-0.1, -0.05) is 48.5 Å². The summed E-state index contributed by atoms with van der Waals surface area (Å²) in [5, 5.41) is 5.32. The van der Waals surface area contributed by atoms with Crippen molar-refractivity contribution in [3.63, 3.8) is 0 Å². The molecule has 1 aliphatic rings. The van der Waals surface area contributed by atoms with Crippen LogP contribution in [0.4, 0.5) is 14.9 Å². The Balaban J connectivity index is 1.46. The third-order valence-corrected chi connectivity index (χ3v) is 5.36. The van der Waals surface area contributed by atoms with Crippen LogP contribution >= 0.6 is 0 Å². The summed E-state index contributed by atoms with van der Waals surface area (Å²) in [6.45, 7) is 0.778. The van der Waals surface area contributed by atoms with Gasteiger partial charge in [-0.05, 0) is 36.8 Å². The third-order valence-electron chi connectivity index (χ3n) is 5.36. The number of anilines is 1. The Hall–Kier alpha value is -4.20. The van der Waals surface area contributed by atoms with Crippen LogP contribution in [0, 0.1) is 5.82 Å². The Morgan fingerprint density at radius 2 is 1.68 bits per heavy atom. The van der Waals surface area contributed by atoms with Crippen LogP contribution in [0.25, 0.3) is 0 Å². The molecule has 0 fully saturated rings. The molecule has 0 saturated carbocycles. The van der Waals surface area contributed by atoms with Gasteiger partial charge < -0.3 is 20.3 Å². The number of carbonyl (C=O) groups excluding carboxylic acids is 2. The molecule has 7 nitrogen and oxygen atoms in total. The standard InChI is InChI=1S/C26H25FN4O3/c1-31-22-15-8-6-13-20(22)23(19-12-5-7-14-21(19)27)29-24(25(31)32)30-26(33)28-16-9-17-34-18-10-3-2-4-11-18/h2-8,10-15,24H,9,16-17H2,1H3,(H2,28,30,33). The number of ether oxygens (including phenoxy) is 1. The third kappa shape index (κ3) is 5.23. The first-order valence-electron chi connectivity index (χ1n) is 11.0. The summed E-state index contributed by atoms with van der Waals surface area (Å²) in [6, 6.07) is 22.2. The van der Waals surface area contributed by atoms with Gasteiger partial charge in [-0.3, -0.25) is 4.79 Å². The zero-order chi connectivity index (χ0) is 23.9. The van der Waals surface area contributed by atoms with E-state index in [0.29, 0.717) is 36.5 Å². The molecule has 0 aliphatic carbocycles. The molecule has 0 radical (unpaired) electrons. The topological polar surface area (TPSA) is 83.0 Å². The first kappa shape index (κ1) is 23.0. The molecule has 1 atom stereocenters. The predicted molar refractivity (Wildman–Crippen MR) is 129 cm³/mol. The number of benzodiazepines with no additional fused rings is 1. The van der Waals surface area contributed by atoms with Crippen molar-refractivity contribution in [3.05, 3.63) is 95.8 Å². The van der Waals surface area contributed by atoms with Gasteiger partial charge in [0.2, 0.25) is 6.17 Å². The molecular weight excluding hydrogens is 435 g/mol. The summed E-state index contributed by atoms with van der Waals surface area (Å²) < 4.78 is 20.3. The number of hydrogen-bond acceptors (Lipinski definition) is 4. The van der Waals surface area contributed by atoms with E-state index in [0.717, 1.165) is 5.75 Å². The maximum absolute atomic E-state index is 14.7. The fourth-order valence-corrected chi connectivity index (χ4v) is 3.64. The van der Waals surface area contributed by atoms with E-state index in [1.165, 1.54) is 11.0 Å². The quantitative estimate of drug-likeness (QED) is 0.527. The van der Waals surface area contributed by atoms with E-state index < -0.39 is 23.9 Å². The van der Waals surface area contributed by atoms with Crippen LogP contribution < -0.4 is 20.3 Å². The smallest absolute Gasteiger partial charge is 0.316 e. The molecule has 1 unspecified atom stereocenters. The van der Waals surface area contributed by atoms with Gasteiger partial charge in [0.1, 0.15) is 11.6 Å². The summed E-state index contributed by atoms with van der Waals surface area (Å²) in [6.07, 6.45) is -0.636. The molecule has 34 heavy (non-hydrogen) atoms. The normalized spacial score (nSPS) is 15.1. The lowest BCUT2D eigenvalue weighted by molar-refractivity contribution is -0.119. The zero-order valence-corrected chi connectivity index (χ0v) is 18.7. The minimum atomic E-state index is -1.22. The van der Waals surface area contributed by atoms with Gasteiger partial charge in [0.25, 0.3) is 5.91 Å². The minimum Gasteiger partial charge on any atom is -0.494 e. The Labute approximate surface area is 197 Å². The number of nitrogens with zero attached hydrogens (tertiary/aromatic N) is 2. The van der Waals surface area contributed by atoms with Crippen LogP contribution in [0.1, 0.15) is 17.5 Å². The number of para-hydroxylation sites is 2. The lowest BCUT2D eigenvalue weighted by Gasteiger charge is -2.21. The van der Waals surface area contributed by atoms with E-state index in [-0.39, 0.29) is 5.56 Å². The highest BCUT2D eigenvalue weighted by Gasteiger charge is 2.31. The highest BCUT2D eigenvalue weighted by molar-refractivity contribution is 6.20. The van der Waals surface area contributed by atoms with Gasteiger partial charge in [0.15, 0.2) is 0 Å². The molecular formula is C26H25FN4O3. The summed E-state index contributed by atoms with van der Waals surface area (Å²) in [4.78, 5) is 31.5. The number of hydrogen-bond donors (Lipinski definition) is 2. The number of benzene rings is 3. The highest BCUT2D eigenvalue weighted by atomic mass is 19.1. The number of carbonyl (C=O) groups is 2. The van der Waals surface area contributed by atoms with Crippen molar-refractivity contribution in [2.24, 2.45) is 4.99 Å². The van der Waals surface area contributed by atoms with Gasteiger partial charge in [0, 0.05) is 24.7 Å². The van der Waals surface area contributed by atoms with Crippen LogP contribution in [0.3, 0.4) is 0 Å². The Kier molecular flexibility index (Phi) is 7.17. The van der Waals surface area contributed by atoms with Gasteiger partial charge in [-0.25, -0.2) is 14.2 Å². The second kappa shape index (κ2) is 10.6. The van der Waals surface area contributed by atoms with Gasteiger partial charge in [0.05, 0.1) is 18.0 Å². The molecule has 3 aromatic carbocycles. The summed E-state index contributed by atoms with van der Waals surface area (Å²) in [7, 11) is 1.61. The van der Waals surface area contributed by atoms with Crippen LogP contribution in [0.15, 0.2) is 83.9 Å². The summed E-state index contributed by atoms with van der Waals surface area (Å²) in [5.41, 5.74) is 1.74. The minimum absolute atomic E-state index is 0.253. The maximum atomic E-state index is 14.7. The Bertz CT molecular complexity index is 1200. The molecule has 1 heterocycles. The molecule has 0 aromatic heterocycles. The van der Waals surface area contributed by atoms with E-state index in [1.54, 1.807) is 49.5 Å². The SMILES string of the molecule is CN1C(=O)C(NC(=O)NCCCOc2ccccc2)N=C(c2ccccc2F)c2ccccc21. The fraction of sp³-hybridized carbons (Fsp3) is 0.192. The molecule has 4 rings (SSSR count). The molecule has 1 aliphatic heterocycles. The number of halogens is 1. The molecule has 174 valence electrons. The molecule has 0 bridgehead atoms. The van der Waals surface area contributed by atoms with Crippen molar-refractivity contribution in [3.8, 4) is 5.75 Å². The van der Waals surface area contributed by atoms with Crippen molar-refractivity contribution < 1.29 is 18.7 Å². The van der Waals surface area contributed by atoms with E-state index >= 15 is 0 Å². The van der Waals surface area contributed by atoms with Crippen LogP contribution in [-0.4, -0.2) is 44.0 Å². The largest absolute Gasteiger partial charge is 0.494 e. The Morgan fingerprint density at radius 3 is 2.44 bits per heavy atom. The van der Waals surface area contributed by atoms with Gasteiger partial charge in [-0.2, -0.15) is 0 Å². The number of amides is 3. The molecule has 2 N–H and O–H groups in total. The molecule has 0 saturated heterocycles. The number of urea groups is 1. The number of fused-ring (bicyclic) bond motifs is 1. The van der Waals surface area contributed by atoms with Crippen molar-refractivity contribution in [1.82, 2.24) is 10.6 Å². The molecule has 0 spiro atoms. The number of nitrogens with one attached hydrogen (secondary N) is 2. The fourth-order valence-electron chi connectivity index (χ4n) is 3.64. The number of rotatable bonds is 7. The number of likely N-dealkylation sites (N-methyl/N-ethyl adjacent to an activating group) is 1. The average Bonchev–Trinajstić information content (AvgIpc) is 2.96. The summed E-state index contributed by atoms with van der Waals surface area (Å²) in [5.74, 6) is -0.135. The predicted octanol–water partition coefficient (Wildman–Crippen LogP) is 3.73. The average molecular weight is 461 g/mol. The first-order chi connectivity index (χ1) is 16.5. The van der Waals surface area contributed by atoms with Crippen LogP contribution in [0.5, 0.6) is 5.75 Å². The van der Waals surface area contributed by atoms with E-state index in [2.05, 4.69) is 15.6 Å². The highest BCUT2D eigenvalue weighted by Crippen LogP contribution is 2.27. The Morgan fingerprint density at radius 1 is 1.00 bits per heavy atom. The van der Waals surface area contributed by atoms with Gasteiger partial charge >= 0.3 is 6.03 Å². The van der Waals surface area contributed by atoms with Gasteiger partial charge in [-0.15, -0.1) is 0 Å². The van der Waals surface area contributed by atoms with E-state index in [1.807, 2.05) is 30.3 Å². The lowest BCUT2D eigenvalue weighted by atomic mass is 10.00.